The second-order valence-corrected chi connectivity index (χ2v) is 7.87. The molecular weight excluding hydrogens is 356 g/mol. The summed E-state index contributed by atoms with van der Waals surface area (Å²) in [5.41, 5.74) is 5.68. The first kappa shape index (κ1) is 16.7. The lowest BCUT2D eigenvalue weighted by atomic mass is 10.1. The monoisotopic (exact) mass is 376 g/mol. The molecule has 1 aromatic heterocycles. The molecule has 3 N–H and O–H groups in total. The predicted octanol–water partition coefficient (Wildman–Crippen LogP) is 1.58. The summed E-state index contributed by atoms with van der Waals surface area (Å²) in [4.78, 5) is 6.27. The molecule has 1 aliphatic heterocycles. The molecule has 1 fully saturated rings. The van der Waals surface area contributed by atoms with Gasteiger partial charge in [0.25, 0.3) is 0 Å². The van der Waals surface area contributed by atoms with Crippen LogP contribution in [0.3, 0.4) is 0 Å². The molecule has 8 heteroatoms. The zero-order valence-corrected chi connectivity index (χ0v) is 14.5. The summed E-state index contributed by atoms with van der Waals surface area (Å²) < 4.78 is 28.2. The maximum atomic E-state index is 12.4. The number of piperidine rings is 1. The number of halogens is 1. The Labute approximate surface area is 134 Å². The second-order valence-electron chi connectivity index (χ2n) is 5.27. The number of hydrogen-bond donors (Lipinski definition) is 2. The summed E-state index contributed by atoms with van der Waals surface area (Å²) in [6.07, 6.45) is 4.25. The summed E-state index contributed by atoms with van der Waals surface area (Å²) in [6, 6.07) is 1.44. The van der Waals surface area contributed by atoms with E-state index in [1.165, 1.54) is 12.3 Å². The van der Waals surface area contributed by atoms with Crippen LogP contribution in [0, 0.1) is 0 Å². The highest BCUT2D eigenvalue weighted by Crippen LogP contribution is 2.22. The van der Waals surface area contributed by atoms with Gasteiger partial charge in [-0.2, -0.15) is 0 Å². The molecule has 0 saturated carbocycles. The first-order chi connectivity index (χ1) is 9.92. The van der Waals surface area contributed by atoms with Crippen LogP contribution in [0.25, 0.3) is 0 Å². The van der Waals surface area contributed by atoms with Gasteiger partial charge in [0.1, 0.15) is 10.7 Å². The molecule has 0 aliphatic carbocycles. The Kier molecular flexibility index (Phi) is 5.59. The Bertz CT molecular complexity index is 586. The van der Waals surface area contributed by atoms with E-state index in [9.17, 15) is 8.42 Å². The number of nitrogens with zero attached hydrogens (tertiary/aromatic N) is 2. The molecule has 2 heterocycles. The first-order valence-electron chi connectivity index (χ1n) is 7.08. The third kappa shape index (κ3) is 4.38. The van der Waals surface area contributed by atoms with Crippen LogP contribution in [0.15, 0.2) is 21.6 Å². The predicted molar refractivity (Wildman–Crippen MR) is 86.4 cm³/mol. The quantitative estimate of drug-likeness (QED) is 0.814. The number of anilines is 1. The van der Waals surface area contributed by atoms with Gasteiger partial charge in [-0.1, -0.05) is 6.92 Å². The van der Waals surface area contributed by atoms with Gasteiger partial charge in [-0.15, -0.1) is 0 Å². The third-order valence-corrected chi connectivity index (χ3v) is 5.57. The summed E-state index contributed by atoms with van der Waals surface area (Å²) in [5, 5.41) is 0. The minimum atomic E-state index is -3.63. The van der Waals surface area contributed by atoms with Gasteiger partial charge in [0, 0.05) is 16.7 Å². The molecule has 0 atom stereocenters. The van der Waals surface area contributed by atoms with Gasteiger partial charge in [-0.05, 0) is 60.9 Å². The van der Waals surface area contributed by atoms with Crippen LogP contribution in [0.4, 0.5) is 5.82 Å². The van der Waals surface area contributed by atoms with Crippen LogP contribution in [0.2, 0.25) is 0 Å². The van der Waals surface area contributed by atoms with E-state index < -0.39 is 10.0 Å². The minimum Gasteiger partial charge on any atom is -0.383 e. The number of rotatable bonds is 5. The van der Waals surface area contributed by atoms with Crippen LogP contribution in [-0.2, 0) is 10.0 Å². The molecule has 6 nitrogen and oxygen atoms in total. The van der Waals surface area contributed by atoms with Crippen LogP contribution < -0.4 is 10.5 Å². The minimum absolute atomic E-state index is 0.0223. The van der Waals surface area contributed by atoms with E-state index >= 15 is 0 Å². The fourth-order valence-corrected chi connectivity index (χ4v) is 4.41. The molecule has 0 aromatic carbocycles. The van der Waals surface area contributed by atoms with Gasteiger partial charge < -0.3 is 10.6 Å². The number of hydrogen-bond acceptors (Lipinski definition) is 5. The zero-order chi connectivity index (χ0) is 15.5. The highest BCUT2D eigenvalue weighted by molar-refractivity contribution is 9.10. The van der Waals surface area contributed by atoms with E-state index in [0.29, 0.717) is 4.47 Å². The number of aromatic nitrogens is 1. The highest BCUT2D eigenvalue weighted by atomic mass is 79.9. The van der Waals surface area contributed by atoms with Gasteiger partial charge in [0.05, 0.1) is 0 Å². The van der Waals surface area contributed by atoms with Crippen molar-refractivity contribution in [2.45, 2.75) is 37.1 Å². The Morgan fingerprint density at radius 3 is 2.76 bits per heavy atom. The number of sulfonamides is 1. The number of pyridine rings is 1. The molecule has 0 unspecified atom stereocenters. The molecule has 1 aliphatic rings. The van der Waals surface area contributed by atoms with Crippen molar-refractivity contribution in [3.05, 3.63) is 16.7 Å². The topological polar surface area (TPSA) is 88.3 Å². The average Bonchev–Trinajstić information content (AvgIpc) is 2.43. The Balaban J connectivity index is 2.04. The van der Waals surface area contributed by atoms with Crippen molar-refractivity contribution in [3.8, 4) is 0 Å². The molecule has 118 valence electrons. The van der Waals surface area contributed by atoms with Crippen LogP contribution in [0.1, 0.15) is 26.2 Å². The third-order valence-electron chi connectivity index (χ3n) is 3.59. The number of nitrogen functional groups attached to an aromatic ring is 1. The number of likely N-dealkylation sites (tertiary alicyclic amines) is 1. The van der Waals surface area contributed by atoms with Crippen LogP contribution in [0.5, 0.6) is 0 Å². The summed E-state index contributed by atoms with van der Waals surface area (Å²) in [6.45, 7) is 5.07. The number of nitrogens with two attached hydrogens (primary N) is 1. The first-order valence-corrected chi connectivity index (χ1v) is 9.35. The maximum absolute atomic E-state index is 12.4. The molecule has 0 spiro atoms. The van der Waals surface area contributed by atoms with E-state index in [1.807, 2.05) is 0 Å². The SMILES string of the molecule is CCCN1CCC(NS(=O)(=O)c2cc(Br)cnc2N)CC1. The van der Waals surface area contributed by atoms with Gasteiger partial charge in [0.2, 0.25) is 10.0 Å². The molecule has 21 heavy (non-hydrogen) atoms. The molecule has 0 amide bonds. The lowest BCUT2D eigenvalue weighted by Crippen LogP contribution is -2.44. The van der Waals surface area contributed by atoms with Crippen molar-refractivity contribution in [1.29, 1.82) is 0 Å². The van der Waals surface area contributed by atoms with E-state index in [0.717, 1.165) is 38.9 Å². The Hall–Kier alpha value is -0.700. The standard InChI is InChI=1S/C13H21BrN4O2S/c1-2-5-18-6-3-11(4-7-18)17-21(19,20)12-8-10(14)9-16-13(12)15/h8-9,11,17H,2-7H2,1H3,(H2,15,16). The lowest BCUT2D eigenvalue weighted by Gasteiger charge is -2.31. The molecule has 0 radical (unpaired) electrons. The lowest BCUT2D eigenvalue weighted by molar-refractivity contribution is 0.208. The van der Waals surface area contributed by atoms with Gasteiger partial charge in [0.15, 0.2) is 0 Å². The normalized spacial score (nSPS) is 18.0. The molecule has 2 rings (SSSR count). The largest absolute Gasteiger partial charge is 0.383 e. The Morgan fingerprint density at radius 1 is 1.48 bits per heavy atom. The molecule has 0 bridgehead atoms. The van der Waals surface area contributed by atoms with Gasteiger partial charge in [-0.25, -0.2) is 18.1 Å². The summed E-state index contributed by atoms with van der Waals surface area (Å²) >= 11 is 3.22. The second kappa shape index (κ2) is 7.04. The van der Waals surface area contributed by atoms with Crippen molar-refractivity contribution in [2.75, 3.05) is 25.4 Å². The van der Waals surface area contributed by atoms with E-state index in [2.05, 4.69) is 37.5 Å². The zero-order valence-electron chi connectivity index (χ0n) is 12.0. The van der Waals surface area contributed by atoms with E-state index in [4.69, 9.17) is 5.73 Å². The Morgan fingerprint density at radius 2 is 2.14 bits per heavy atom. The molecular formula is C13H21BrN4O2S. The number of nitrogens with one attached hydrogen (secondary N) is 1. The molecule has 1 aromatic rings. The van der Waals surface area contributed by atoms with Crippen molar-refractivity contribution in [3.63, 3.8) is 0 Å². The fraction of sp³-hybridized carbons (Fsp3) is 0.615. The summed E-state index contributed by atoms with van der Waals surface area (Å²) in [5.74, 6) is 0.0223. The van der Waals surface area contributed by atoms with E-state index in [-0.39, 0.29) is 16.8 Å². The van der Waals surface area contributed by atoms with Crippen LogP contribution in [-0.4, -0.2) is 44.0 Å². The smallest absolute Gasteiger partial charge is 0.244 e. The van der Waals surface area contributed by atoms with Crippen LogP contribution >= 0.6 is 15.9 Å². The fourth-order valence-electron chi connectivity index (χ4n) is 2.52. The van der Waals surface area contributed by atoms with Crippen molar-refractivity contribution < 1.29 is 8.42 Å². The van der Waals surface area contributed by atoms with Gasteiger partial charge in [-0.3, -0.25) is 0 Å². The maximum Gasteiger partial charge on any atom is 0.244 e. The highest BCUT2D eigenvalue weighted by Gasteiger charge is 2.26. The van der Waals surface area contributed by atoms with Crippen molar-refractivity contribution in [1.82, 2.24) is 14.6 Å². The van der Waals surface area contributed by atoms with E-state index in [1.54, 1.807) is 0 Å². The van der Waals surface area contributed by atoms with Crippen molar-refractivity contribution >= 4 is 31.8 Å². The summed E-state index contributed by atoms with van der Waals surface area (Å²) in [7, 11) is -3.63. The molecule has 1 saturated heterocycles. The van der Waals surface area contributed by atoms with Gasteiger partial charge >= 0.3 is 0 Å². The van der Waals surface area contributed by atoms with Crippen molar-refractivity contribution in [2.24, 2.45) is 0 Å². The average molecular weight is 377 g/mol.